The van der Waals surface area contributed by atoms with Crippen molar-refractivity contribution in [2.24, 2.45) is 0 Å². The third-order valence-electron chi connectivity index (χ3n) is 4.73. The molecule has 0 radical (unpaired) electrons. The molecule has 3 aromatic rings. The van der Waals surface area contributed by atoms with Gasteiger partial charge >= 0.3 is 5.97 Å². The highest BCUT2D eigenvalue weighted by molar-refractivity contribution is 5.99. The van der Waals surface area contributed by atoms with E-state index in [2.05, 4.69) is 15.5 Å². The lowest BCUT2D eigenvalue weighted by Gasteiger charge is -2.17. The lowest BCUT2D eigenvalue weighted by Crippen LogP contribution is -2.34. The van der Waals surface area contributed by atoms with E-state index in [4.69, 9.17) is 5.73 Å². The monoisotopic (exact) mass is 391 g/mol. The van der Waals surface area contributed by atoms with Crippen LogP contribution in [-0.2, 0) is 6.54 Å². The average molecular weight is 391 g/mol. The number of nitrogen functional groups attached to an aromatic ring is 1. The molecule has 4 rings (SSSR count). The van der Waals surface area contributed by atoms with E-state index in [1.807, 2.05) is 0 Å². The lowest BCUT2D eigenvalue weighted by molar-refractivity contribution is -0.694. The summed E-state index contributed by atoms with van der Waals surface area (Å²) in [4.78, 5) is 23.9. The van der Waals surface area contributed by atoms with Gasteiger partial charge in [0.15, 0.2) is 11.6 Å². The van der Waals surface area contributed by atoms with E-state index in [1.54, 1.807) is 10.9 Å². The molecule has 0 aliphatic heterocycles. The SMILES string of the molecule is Nc1c(F)c(NCC[n+]2cn[nH]c2)c(F)c2c1c(=O)c(C(=O)O)cn2C1CC1. The van der Waals surface area contributed by atoms with Gasteiger partial charge in [-0.15, -0.1) is 5.10 Å². The van der Waals surface area contributed by atoms with Crippen molar-refractivity contribution in [1.82, 2.24) is 14.8 Å². The number of pyridine rings is 1. The fourth-order valence-electron chi connectivity index (χ4n) is 3.19. The van der Waals surface area contributed by atoms with Gasteiger partial charge in [0.1, 0.15) is 11.3 Å². The maximum atomic E-state index is 15.2. The normalized spacial score (nSPS) is 13.8. The van der Waals surface area contributed by atoms with Gasteiger partial charge in [-0.3, -0.25) is 4.79 Å². The van der Waals surface area contributed by atoms with Gasteiger partial charge in [-0.2, -0.15) is 0 Å². The van der Waals surface area contributed by atoms with Crippen molar-refractivity contribution in [1.29, 1.82) is 0 Å². The third-order valence-corrected chi connectivity index (χ3v) is 4.73. The smallest absolute Gasteiger partial charge is 0.341 e. The predicted octanol–water partition coefficient (Wildman–Crippen LogP) is 1.02. The largest absolute Gasteiger partial charge is 0.477 e. The number of aromatic amines is 1. The number of nitrogens with two attached hydrogens (primary N) is 1. The predicted molar refractivity (Wildman–Crippen MR) is 95.0 cm³/mol. The van der Waals surface area contributed by atoms with E-state index in [0.717, 1.165) is 6.20 Å². The van der Waals surface area contributed by atoms with Crippen LogP contribution in [0.4, 0.5) is 20.2 Å². The number of rotatable bonds is 6. The number of carboxylic acids is 1. The Hall–Kier alpha value is -3.50. The summed E-state index contributed by atoms with van der Waals surface area (Å²) in [6.07, 6.45) is 5.61. The van der Waals surface area contributed by atoms with Gasteiger partial charge in [0.05, 0.1) is 23.1 Å². The van der Waals surface area contributed by atoms with Crippen molar-refractivity contribution in [2.75, 3.05) is 17.6 Å². The number of H-pyrrole nitrogens is 1. The highest BCUT2D eigenvalue weighted by Crippen LogP contribution is 2.40. The number of fused-ring (bicyclic) bond motifs is 1. The van der Waals surface area contributed by atoms with E-state index in [9.17, 15) is 19.1 Å². The quantitative estimate of drug-likeness (QED) is 0.367. The van der Waals surface area contributed by atoms with E-state index >= 15 is 4.39 Å². The number of aromatic carboxylic acids is 1. The number of carboxylic acid groups (broad SMARTS) is 1. The van der Waals surface area contributed by atoms with Crippen LogP contribution in [0, 0.1) is 11.6 Å². The molecule has 28 heavy (non-hydrogen) atoms. The van der Waals surface area contributed by atoms with E-state index in [1.165, 1.54) is 10.9 Å². The van der Waals surface area contributed by atoms with Gasteiger partial charge in [-0.05, 0) is 12.8 Å². The van der Waals surface area contributed by atoms with Crippen molar-refractivity contribution in [3.8, 4) is 0 Å². The Kier molecular flexibility index (Phi) is 4.21. The summed E-state index contributed by atoms with van der Waals surface area (Å²) in [7, 11) is 0. The first-order chi connectivity index (χ1) is 13.4. The summed E-state index contributed by atoms with van der Waals surface area (Å²) >= 11 is 0. The van der Waals surface area contributed by atoms with Gasteiger partial charge in [-0.25, -0.2) is 18.1 Å². The van der Waals surface area contributed by atoms with Crippen LogP contribution in [0.5, 0.6) is 0 Å². The van der Waals surface area contributed by atoms with Crippen LogP contribution in [0.15, 0.2) is 23.6 Å². The summed E-state index contributed by atoms with van der Waals surface area (Å²) in [6, 6.07) is -0.158. The van der Waals surface area contributed by atoms with Crippen molar-refractivity contribution in [3.63, 3.8) is 0 Å². The minimum atomic E-state index is -1.47. The highest BCUT2D eigenvalue weighted by Gasteiger charge is 2.31. The molecular formula is C17H17F2N6O3+. The Morgan fingerprint density at radius 1 is 1.43 bits per heavy atom. The molecule has 146 valence electrons. The number of hydrogen-bond donors (Lipinski definition) is 4. The number of anilines is 2. The molecule has 5 N–H and O–H groups in total. The molecule has 0 spiro atoms. The lowest BCUT2D eigenvalue weighted by atomic mass is 10.1. The van der Waals surface area contributed by atoms with Crippen molar-refractivity contribution < 1.29 is 23.2 Å². The second kappa shape index (κ2) is 6.59. The first-order valence-corrected chi connectivity index (χ1v) is 8.60. The average Bonchev–Trinajstić information content (AvgIpc) is 3.37. The van der Waals surface area contributed by atoms with Crippen LogP contribution in [0.1, 0.15) is 29.2 Å². The number of halogens is 2. The molecule has 2 heterocycles. The first kappa shape index (κ1) is 17.9. The zero-order valence-corrected chi connectivity index (χ0v) is 14.6. The molecule has 0 amide bonds. The zero-order valence-electron chi connectivity index (χ0n) is 14.6. The molecule has 1 saturated carbocycles. The van der Waals surface area contributed by atoms with Gasteiger partial charge in [0, 0.05) is 23.9 Å². The molecule has 1 fully saturated rings. The molecule has 9 nitrogen and oxygen atoms in total. The summed E-state index contributed by atoms with van der Waals surface area (Å²) in [5.41, 5.74) is 3.02. The molecule has 0 atom stereocenters. The Labute approximate surface area is 156 Å². The number of benzene rings is 1. The molecule has 0 bridgehead atoms. The van der Waals surface area contributed by atoms with E-state index in [0.29, 0.717) is 19.4 Å². The maximum absolute atomic E-state index is 15.2. The summed E-state index contributed by atoms with van der Waals surface area (Å²) in [5.74, 6) is -3.56. The van der Waals surface area contributed by atoms with Crippen LogP contribution in [0.3, 0.4) is 0 Å². The molecule has 0 saturated heterocycles. The van der Waals surface area contributed by atoms with Crippen molar-refractivity contribution >= 4 is 28.2 Å². The first-order valence-electron chi connectivity index (χ1n) is 8.60. The summed E-state index contributed by atoms with van der Waals surface area (Å²) < 4.78 is 33.1. The second-order valence-corrected chi connectivity index (χ2v) is 6.62. The summed E-state index contributed by atoms with van der Waals surface area (Å²) in [6.45, 7) is 0.546. The standard InChI is InChI=1S/C17H16F2N6O3/c18-11-13(20)10-15(12(19)14(11)21-3-4-24-6-22-23-7-24)25(8-1-2-8)5-9(16(10)26)17(27)28/h5-8H,1-4H2,(H4,20,21,26,27,28)/p+1. The van der Waals surface area contributed by atoms with Crippen LogP contribution in [-0.4, -0.2) is 32.4 Å². The molecule has 1 aliphatic carbocycles. The van der Waals surface area contributed by atoms with E-state index < -0.39 is 45.4 Å². The Bertz CT molecular complexity index is 1140. The maximum Gasteiger partial charge on any atom is 0.341 e. The molecule has 0 unspecified atom stereocenters. The summed E-state index contributed by atoms with van der Waals surface area (Å²) in [5, 5.41) is 17.9. The molecular weight excluding hydrogens is 374 g/mol. The molecule has 11 heteroatoms. The fraction of sp³-hybridized carbons (Fsp3) is 0.294. The van der Waals surface area contributed by atoms with Crippen LogP contribution < -0.4 is 21.0 Å². The van der Waals surface area contributed by atoms with Gasteiger partial charge < -0.3 is 20.7 Å². The van der Waals surface area contributed by atoms with Crippen molar-refractivity contribution in [2.45, 2.75) is 25.4 Å². The molecule has 1 aliphatic rings. The third kappa shape index (κ3) is 2.84. The molecule has 1 aromatic carbocycles. The Morgan fingerprint density at radius 3 is 2.79 bits per heavy atom. The van der Waals surface area contributed by atoms with Crippen LogP contribution in [0.2, 0.25) is 0 Å². The van der Waals surface area contributed by atoms with Gasteiger partial charge in [0.2, 0.25) is 11.8 Å². The fourth-order valence-corrected chi connectivity index (χ4v) is 3.19. The molecule has 2 aromatic heterocycles. The number of nitrogens with zero attached hydrogens (tertiary/aromatic N) is 3. The number of hydrogen-bond acceptors (Lipinski definition) is 5. The van der Waals surface area contributed by atoms with Gasteiger partial charge in [-0.1, -0.05) is 0 Å². The van der Waals surface area contributed by atoms with Crippen LogP contribution in [0.25, 0.3) is 10.9 Å². The Morgan fingerprint density at radius 2 is 2.18 bits per heavy atom. The number of carbonyl (C=O) groups is 1. The topological polar surface area (TPSA) is 130 Å². The van der Waals surface area contributed by atoms with Crippen molar-refractivity contribution in [3.05, 3.63) is 46.3 Å². The van der Waals surface area contributed by atoms with Gasteiger partial charge in [0.25, 0.3) is 6.33 Å². The highest BCUT2D eigenvalue weighted by atomic mass is 19.1. The minimum Gasteiger partial charge on any atom is -0.477 e. The number of aromatic nitrogens is 4. The van der Waals surface area contributed by atoms with E-state index in [-0.39, 0.29) is 18.1 Å². The Balaban J connectivity index is 1.86. The zero-order chi connectivity index (χ0) is 20.0. The second-order valence-electron chi connectivity index (χ2n) is 6.62. The minimum absolute atomic E-state index is 0.158. The number of nitrogens with one attached hydrogen (secondary N) is 2. The van der Waals surface area contributed by atoms with Crippen LogP contribution >= 0.6 is 0 Å².